The van der Waals surface area contributed by atoms with Gasteiger partial charge in [-0.25, -0.2) is 0 Å². The molecule has 0 saturated heterocycles. The predicted octanol–water partition coefficient (Wildman–Crippen LogP) is 9.21. The summed E-state index contributed by atoms with van der Waals surface area (Å²) in [5.41, 5.74) is 5.62. The van der Waals surface area contributed by atoms with Gasteiger partial charge in [-0.3, -0.25) is 0 Å². The molecule has 0 saturated carbocycles. The SMILES string of the molecule is c1ccc(N(c2ccccc2)c2cccc3c(Nc4cccc5ccccc45)cccc23)cc1. The summed E-state index contributed by atoms with van der Waals surface area (Å²) in [6, 6.07) is 49.0. The van der Waals surface area contributed by atoms with Crippen molar-refractivity contribution in [3.05, 3.63) is 140 Å². The first-order chi connectivity index (χ1) is 16.9. The molecule has 0 unspecified atom stereocenters. The number of nitrogens with one attached hydrogen (secondary N) is 1. The van der Waals surface area contributed by atoms with Crippen molar-refractivity contribution in [2.45, 2.75) is 0 Å². The molecule has 0 radical (unpaired) electrons. The minimum absolute atomic E-state index is 1.09. The summed E-state index contributed by atoms with van der Waals surface area (Å²) in [7, 11) is 0. The molecule has 2 nitrogen and oxygen atoms in total. The van der Waals surface area contributed by atoms with Crippen LogP contribution in [0.4, 0.5) is 28.4 Å². The maximum Gasteiger partial charge on any atom is 0.0540 e. The van der Waals surface area contributed by atoms with Crippen molar-refractivity contribution < 1.29 is 0 Å². The van der Waals surface area contributed by atoms with E-state index in [1.165, 1.54) is 21.5 Å². The lowest BCUT2D eigenvalue weighted by Gasteiger charge is -2.27. The number of benzene rings is 6. The highest BCUT2D eigenvalue weighted by Crippen LogP contribution is 2.40. The van der Waals surface area contributed by atoms with Crippen molar-refractivity contribution in [1.29, 1.82) is 0 Å². The number of nitrogens with zero attached hydrogens (tertiary/aromatic N) is 1. The fourth-order valence-electron chi connectivity index (χ4n) is 4.66. The van der Waals surface area contributed by atoms with Crippen LogP contribution in [0.2, 0.25) is 0 Å². The Hall–Kier alpha value is -4.56. The molecule has 162 valence electrons. The molecule has 1 N–H and O–H groups in total. The van der Waals surface area contributed by atoms with Gasteiger partial charge >= 0.3 is 0 Å². The van der Waals surface area contributed by atoms with Crippen molar-refractivity contribution in [2.24, 2.45) is 0 Å². The fraction of sp³-hybridized carbons (Fsp3) is 0. The van der Waals surface area contributed by atoms with E-state index < -0.39 is 0 Å². The lowest BCUT2D eigenvalue weighted by Crippen LogP contribution is -2.10. The average Bonchev–Trinajstić information content (AvgIpc) is 2.91. The number of para-hydroxylation sites is 2. The third-order valence-electron chi connectivity index (χ3n) is 6.23. The van der Waals surface area contributed by atoms with E-state index in [1.807, 2.05) is 0 Å². The van der Waals surface area contributed by atoms with Crippen LogP contribution in [0, 0.1) is 0 Å². The van der Waals surface area contributed by atoms with Crippen LogP contribution in [0.3, 0.4) is 0 Å². The summed E-state index contributed by atoms with van der Waals surface area (Å²) in [6.45, 7) is 0. The van der Waals surface area contributed by atoms with E-state index in [0.717, 1.165) is 28.4 Å². The van der Waals surface area contributed by atoms with Crippen LogP contribution in [0.25, 0.3) is 21.5 Å². The highest BCUT2D eigenvalue weighted by Gasteiger charge is 2.16. The first-order valence-electron chi connectivity index (χ1n) is 11.6. The molecule has 6 aromatic rings. The molecule has 0 aromatic heterocycles. The van der Waals surface area contributed by atoms with Gasteiger partial charge in [-0.05, 0) is 47.9 Å². The molecular weight excluding hydrogens is 412 g/mol. The van der Waals surface area contributed by atoms with Crippen LogP contribution >= 0.6 is 0 Å². The Balaban J connectivity index is 1.52. The molecule has 2 heteroatoms. The van der Waals surface area contributed by atoms with E-state index in [1.54, 1.807) is 0 Å². The normalized spacial score (nSPS) is 10.9. The van der Waals surface area contributed by atoms with Crippen LogP contribution in [0.1, 0.15) is 0 Å². The van der Waals surface area contributed by atoms with E-state index in [4.69, 9.17) is 0 Å². The van der Waals surface area contributed by atoms with Crippen LogP contribution in [0.15, 0.2) is 140 Å². The zero-order chi connectivity index (χ0) is 22.7. The van der Waals surface area contributed by atoms with Crippen molar-refractivity contribution in [1.82, 2.24) is 0 Å². The van der Waals surface area contributed by atoms with Crippen molar-refractivity contribution in [2.75, 3.05) is 10.2 Å². The Labute approximate surface area is 199 Å². The third kappa shape index (κ3) is 3.66. The number of rotatable bonds is 5. The summed E-state index contributed by atoms with van der Waals surface area (Å²) in [5.74, 6) is 0. The van der Waals surface area contributed by atoms with Crippen LogP contribution in [-0.2, 0) is 0 Å². The lowest BCUT2D eigenvalue weighted by atomic mass is 10.0. The molecule has 0 amide bonds. The van der Waals surface area contributed by atoms with Gasteiger partial charge in [-0.2, -0.15) is 0 Å². The van der Waals surface area contributed by atoms with Crippen LogP contribution in [-0.4, -0.2) is 0 Å². The highest BCUT2D eigenvalue weighted by molar-refractivity contribution is 6.06. The molecule has 0 aliphatic rings. The van der Waals surface area contributed by atoms with Crippen molar-refractivity contribution in [3.63, 3.8) is 0 Å². The molecule has 0 aliphatic heterocycles. The molecule has 0 spiro atoms. The molecule has 0 heterocycles. The average molecular weight is 437 g/mol. The fourth-order valence-corrected chi connectivity index (χ4v) is 4.66. The van der Waals surface area contributed by atoms with E-state index in [9.17, 15) is 0 Å². The summed E-state index contributed by atoms with van der Waals surface area (Å²) >= 11 is 0. The van der Waals surface area contributed by atoms with Crippen molar-refractivity contribution in [3.8, 4) is 0 Å². The second-order valence-electron chi connectivity index (χ2n) is 8.34. The number of hydrogen-bond acceptors (Lipinski definition) is 2. The molecular formula is C32H24N2. The van der Waals surface area contributed by atoms with E-state index in [0.29, 0.717) is 0 Å². The smallest absolute Gasteiger partial charge is 0.0540 e. The molecule has 0 aliphatic carbocycles. The quantitative estimate of drug-likeness (QED) is 0.290. The van der Waals surface area contributed by atoms with Gasteiger partial charge in [-0.15, -0.1) is 0 Å². The molecule has 0 bridgehead atoms. The molecule has 6 aromatic carbocycles. The molecule has 0 atom stereocenters. The Morgan fingerprint density at radius 2 is 0.882 bits per heavy atom. The minimum atomic E-state index is 1.09. The zero-order valence-electron chi connectivity index (χ0n) is 18.7. The second kappa shape index (κ2) is 8.76. The molecule has 34 heavy (non-hydrogen) atoms. The third-order valence-corrected chi connectivity index (χ3v) is 6.23. The molecule has 6 rings (SSSR count). The number of fused-ring (bicyclic) bond motifs is 2. The Kier molecular flexibility index (Phi) is 5.17. The van der Waals surface area contributed by atoms with Gasteiger partial charge in [0.05, 0.1) is 5.69 Å². The predicted molar refractivity (Wildman–Crippen MR) is 146 cm³/mol. The lowest BCUT2D eigenvalue weighted by molar-refractivity contribution is 1.30. The Morgan fingerprint density at radius 1 is 0.382 bits per heavy atom. The van der Waals surface area contributed by atoms with E-state index in [2.05, 4.69) is 150 Å². The molecule has 0 fully saturated rings. The summed E-state index contributed by atoms with van der Waals surface area (Å²) in [4.78, 5) is 2.32. The summed E-state index contributed by atoms with van der Waals surface area (Å²) in [6.07, 6.45) is 0. The zero-order valence-corrected chi connectivity index (χ0v) is 18.7. The first kappa shape index (κ1) is 20.1. The number of anilines is 5. The standard InChI is InChI=1S/C32H24N2/c1-3-14-25(15-4-1)34(26-16-5-2-6-17-26)32-23-11-19-28-29(32)20-10-22-31(28)33-30-21-9-13-24-12-7-8-18-27(24)30/h1-23,33H. The largest absolute Gasteiger partial charge is 0.355 e. The van der Waals surface area contributed by atoms with E-state index in [-0.39, 0.29) is 0 Å². The maximum absolute atomic E-state index is 3.72. The monoisotopic (exact) mass is 436 g/mol. The topological polar surface area (TPSA) is 15.3 Å². The van der Waals surface area contributed by atoms with Gasteiger partial charge in [0.15, 0.2) is 0 Å². The van der Waals surface area contributed by atoms with Gasteiger partial charge in [-0.1, -0.05) is 97.1 Å². The van der Waals surface area contributed by atoms with Gasteiger partial charge in [0.2, 0.25) is 0 Å². The van der Waals surface area contributed by atoms with E-state index >= 15 is 0 Å². The van der Waals surface area contributed by atoms with Crippen LogP contribution < -0.4 is 10.2 Å². The van der Waals surface area contributed by atoms with Gasteiger partial charge in [0.1, 0.15) is 0 Å². The Morgan fingerprint density at radius 3 is 1.62 bits per heavy atom. The van der Waals surface area contributed by atoms with Crippen molar-refractivity contribution >= 4 is 50.0 Å². The summed E-state index contributed by atoms with van der Waals surface area (Å²) < 4.78 is 0. The first-order valence-corrected chi connectivity index (χ1v) is 11.6. The minimum Gasteiger partial charge on any atom is -0.355 e. The Bertz CT molecular complexity index is 1530. The number of hydrogen-bond donors (Lipinski definition) is 1. The van der Waals surface area contributed by atoms with Gasteiger partial charge < -0.3 is 10.2 Å². The van der Waals surface area contributed by atoms with Crippen LogP contribution in [0.5, 0.6) is 0 Å². The highest BCUT2D eigenvalue weighted by atomic mass is 15.1. The second-order valence-corrected chi connectivity index (χ2v) is 8.34. The van der Waals surface area contributed by atoms with Gasteiger partial charge in [0.25, 0.3) is 0 Å². The van der Waals surface area contributed by atoms with Gasteiger partial charge in [0, 0.05) is 38.9 Å². The maximum atomic E-state index is 3.72. The summed E-state index contributed by atoms with van der Waals surface area (Å²) in [5, 5.41) is 8.54.